The molecule has 5 atom stereocenters. The van der Waals surface area contributed by atoms with Crippen molar-refractivity contribution in [3.05, 3.63) is 108 Å². The zero-order chi connectivity index (χ0) is 25.2. The number of nitriles is 1. The molecule has 7 heteroatoms. The molecule has 3 aromatic carbocycles. The van der Waals surface area contributed by atoms with Crippen molar-refractivity contribution in [2.24, 2.45) is 0 Å². The Kier molecular flexibility index (Phi) is 6.61. The highest BCUT2D eigenvalue weighted by Crippen LogP contribution is 2.46. The summed E-state index contributed by atoms with van der Waals surface area (Å²) in [6, 6.07) is 31.8. The van der Waals surface area contributed by atoms with Crippen molar-refractivity contribution in [1.29, 1.82) is 5.26 Å². The molecule has 3 aromatic rings. The van der Waals surface area contributed by atoms with Gasteiger partial charge in [-0.2, -0.15) is 5.26 Å². The van der Waals surface area contributed by atoms with E-state index in [4.69, 9.17) is 23.7 Å². The molecule has 0 unspecified atom stereocenters. The van der Waals surface area contributed by atoms with Gasteiger partial charge >= 0.3 is 5.97 Å². The van der Waals surface area contributed by atoms with Crippen LogP contribution >= 0.6 is 0 Å². The Morgan fingerprint density at radius 2 is 1.42 bits per heavy atom. The van der Waals surface area contributed by atoms with Crippen LogP contribution in [0.2, 0.25) is 0 Å². The van der Waals surface area contributed by atoms with Gasteiger partial charge in [0.25, 0.3) is 5.79 Å². The van der Waals surface area contributed by atoms with Gasteiger partial charge in [-0.3, -0.25) is 4.79 Å². The van der Waals surface area contributed by atoms with E-state index in [2.05, 4.69) is 0 Å². The number of esters is 1. The third-order valence-corrected chi connectivity index (χ3v) is 6.48. The summed E-state index contributed by atoms with van der Waals surface area (Å²) in [7, 11) is 0. The summed E-state index contributed by atoms with van der Waals surface area (Å²) < 4.78 is 30.4. The average Bonchev–Trinajstić information content (AvgIpc) is 3.40. The smallest absolute Gasteiger partial charge is 0.302 e. The van der Waals surface area contributed by atoms with Gasteiger partial charge in [0, 0.05) is 13.8 Å². The number of carbonyl (C=O) groups is 1. The Hall–Kier alpha value is -3.54. The molecule has 0 aromatic heterocycles. The summed E-state index contributed by atoms with van der Waals surface area (Å²) in [5, 5.41) is 9.61. The summed E-state index contributed by atoms with van der Waals surface area (Å²) in [5.74, 6) is -1.91. The first-order valence-corrected chi connectivity index (χ1v) is 11.9. The zero-order valence-electron chi connectivity index (χ0n) is 20.1. The van der Waals surface area contributed by atoms with Crippen molar-refractivity contribution < 1.29 is 28.5 Å². The largest absolute Gasteiger partial charge is 0.463 e. The maximum absolute atomic E-state index is 11.6. The van der Waals surface area contributed by atoms with E-state index >= 15 is 0 Å². The monoisotopic (exact) mass is 485 g/mol. The minimum absolute atomic E-state index is 0.0442. The van der Waals surface area contributed by atoms with Crippen LogP contribution < -0.4 is 0 Å². The number of carbonyl (C=O) groups excluding carboxylic acids is 1. The standard InChI is InChI=1S/C29H27NO6/c1-20(31)32-18-24-25(26-27(33-24)36-28(2,19-30)34-26)35-29(21-12-6-3-7-13-21,22-14-8-4-9-15-22)23-16-10-5-11-17-23/h3-17,24-27H,18H2,1-2H3/t24-,25-,26+,27+,28-/m0/s1. The summed E-state index contributed by atoms with van der Waals surface area (Å²) >= 11 is 0. The molecule has 7 nitrogen and oxygen atoms in total. The second-order valence-electron chi connectivity index (χ2n) is 8.97. The first-order chi connectivity index (χ1) is 17.4. The second kappa shape index (κ2) is 9.84. The molecule has 184 valence electrons. The highest BCUT2D eigenvalue weighted by Gasteiger charge is 2.59. The Balaban J connectivity index is 1.65. The van der Waals surface area contributed by atoms with Gasteiger partial charge in [0.1, 0.15) is 36.6 Å². The van der Waals surface area contributed by atoms with E-state index in [-0.39, 0.29) is 6.61 Å². The SMILES string of the molecule is CC(=O)OC[C@@H]1O[C@@H]2O[C@@](C)(C#N)O[C@@H]2[C@H]1OC(c1ccccc1)(c1ccccc1)c1ccccc1. The number of ether oxygens (including phenoxy) is 5. The van der Waals surface area contributed by atoms with Crippen LogP contribution in [-0.2, 0) is 34.1 Å². The van der Waals surface area contributed by atoms with Crippen molar-refractivity contribution >= 4 is 5.97 Å². The van der Waals surface area contributed by atoms with Crippen LogP contribution in [0.1, 0.15) is 30.5 Å². The molecule has 2 heterocycles. The van der Waals surface area contributed by atoms with Crippen molar-refractivity contribution in [1.82, 2.24) is 0 Å². The highest BCUT2D eigenvalue weighted by atomic mass is 16.8. The Morgan fingerprint density at radius 1 is 0.917 bits per heavy atom. The minimum atomic E-state index is -1.47. The van der Waals surface area contributed by atoms with E-state index in [1.54, 1.807) is 6.92 Å². The van der Waals surface area contributed by atoms with Crippen molar-refractivity contribution in [2.75, 3.05) is 6.61 Å². The van der Waals surface area contributed by atoms with Gasteiger partial charge in [0.2, 0.25) is 0 Å². The van der Waals surface area contributed by atoms with Crippen molar-refractivity contribution in [3.8, 4) is 6.07 Å². The Morgan fingerprint density at radius 3 is 1.86 bits per heavy atom. The van der Waals surface area contributed by atoms with E-state index in [1.807, 2.05) is 97.1 Å². The molecular weight excluding hydrogens is 458 g/mol. The fourth-order valence-corrected chi connectivity index (χ4v) is 4.88. The van der Waals surface area contributed by atoms with Gasteiger partial charge in [-0.25, -0.2) is 0 Å². The molecule has 0 bridgehead atoms. The fourth-order valence-electron chi connectivity index (χ4n) is 4.88. The van der Waals surface area contributed by atoms with E-state index in [1.165, 1.54) is 6.92 Å². The van der Waals surface area contributed by atoms with Crippen molar-refractivity contribution in [3.63, 3.8) is 0 Å². The lowest BCUT2D eigenvalue weighted by Crippen LogP contribution is -2.46. The van der Waals surface area contributed by atoms with E-state index in [0.717, 1.165) is 16.7 Å². The second-order valence-corrected chi connectivity index (χ2v) is 8.97. The predicted octanol–water partition coefficient (Wildman–Crippen LogP) is 4.31. The first-order valence-electron chi connectivity index (χ1n) is 11.9. The lowest BCUT2D eigenvalue weighted by molar-refractivity contribution is -0.215. The van der Waals surface area contributed by atoms with Crippen LogP contribution in [0.4, 0.5) is 0 Å². The van der Waals surface area contributed by atoms with E-state index in [0.29, 0.717) is 0 Å². The molecule has 36 heavy (non-hydrogen) atoms. The summed E-state index contributed by atoms with van der Waals surface area (Å²) in [4.78, 5) is 11.6. The molecule has 0 aliphatic carbocycles. The van der Waals surface area contributed by atoms with Crippen LogP contribution in [0.25, 0.3) is 0 Å². The Labute approximate surface area is 210 Å². The summed E-state index contributed by atoms with van der Waals surface area (Å²) in [6.07, 6.45) is -2.97. The van der Waals surface area contributed by atoms with Gasteiger partial charge < -0.3 is 23.7 Å². The molecule has 0 spiro atoms. The molecule has 2 aliphatic rings. The fraction of sp³-hybridized carbons (Fsp3) is 0.310. The summed E-state index contributed by atoms with van der Waals surface area (Å²) in [5.41, 5.74) is 1.65. The van der Waals surface area contributed by atoms with Gasteiger partial charge in [-0.05, 0) is 16.7 Å². The van der Waals surface area contributed by atoms with Crippen molar-refractivity contribution in [2.45, 2.75) is 49.8 Å². The van der Waals surface area contributed by atoms with Crippen LogP contribution in [0.5, 0.6) is 0 Å². The zero-order valence-corrected chi connectivity index (χ0v) is 20.1. The average molecular weight is 486 g/mol. The third kappa shape index (κ3) is 4.41. The summed E-state index contributed by atoms with van der Waals surface area (Å²) in [6.45, 7) is 2.84. The predicted molar refractivity (Wildman–Crippen MR) is 129 cm³/mol. The number of fused-ring (bicyclic) bond motifs is 1. The molecular formula is C29H27NO6. The highest BCUT2D eigenvalue weighted by molar-refractivity contribution is 5.65. The Bertz CT molecular complexity index is 1130. The molecule has 2 saturated heterocycles. The van der Waals surface area contributed by atoms with Crippen LogP contribution in [-0.4, -0.2) is 43.0 Å². The number of benzene rings is 3. The third-order valence-electron chi connectivity index (χ3n) is 6.48. The van der Waals surface area contributed by atoms with Gasteiger partial charge in [-0.15, -0.1) is 0 Å². The number of hydrogen-bond acceptors (Lipinski definition) is 7. The van der Waals surface area contributed by atoms with Gasteiger partial charge in [0.15, 0.2) is 6.29 Å². The van der Waals surface area contributed by atoms with Gasteiger partial charge in [0.05, 0.1) is 0 Å². The minimum Gasteiger partial charge on any atom is -0.463 e. The molecule has 2 aliphatic heterocycles. The first kappa shape index (κ1) is 24.2. The molecule has 0 saturated carbocycles. The molecule has 5 rings (SSSR count). The maximum Gasteiger partial charge on any atom is 0.302 e. The van der Waals surface area contributed by atoms with E-state index < -0.39 is 42.0 Å². The lowest BCUT2D eigenvalue weighted by atomic mass is 9.79. The van der Waals surface area contributed by atoms with Crippen LogP contribution in [0, 0.1) is 11.3 Å². The number of rotatable bonds is 7. The molecule has 0 amide bonds. The van der Waals surface area contributed by atoms with Crippen LogP contribution in [0.15, 0.2) is 91.0 Å². The quantitative estimate of drug-likeness (QED) is 0.364. The maximum atomic E-state index is 11.6. The van der Waals surface area contributed by atoms with Crippen LogP contribution in [0.3, 0.4) is 0 Å². The number of nitrogens with zero attached hydrogens (tertiary/aromatic N) is 1. The number of hydrogen-bond donors (Lipinski definition) is 0. The molecule has 0 N–H and O–H groups in total. The molecule has 2 fully saturated rings. The van der Waals surface area contributed by atoms with Gasteiger partial charge in [-0.1, -0.05) is 91.0 Å². The van der Waals surface area contributed by atoms with E-state index in [9.17, 15) is 10.1 Å². The topological polar surface area (TPSA) is 87.0 Å². The normalized spacial score (nSPS) is 27.2. The molecule has 0 radical (unpaired) electrons. The lowest BCUT2D eigenvalue weighted by Gasteiger charge is -2.40.